The first-order chi connectivity index (χ1) is 14.4. The Morgan fingerprint density at radius 1 is 1.23 bits per heavy atom. The minimum absolute atomic E-state index is 0.218. The lowest BCUT2D eigenvalue weighted by molar-refractivity contribution is 0.559. The van der Waals surface area contributed by atoms with Gasteiger partial charge >= 0.3 is 0 Å². The predicted octanol–water partition coefficient (Wildman–Crippen LogP) is 5.87. The maximum atomic E-state index is 14.7. The molecule has 0 bridgehead atoms. The van der Waals surface area contributed by atoms with Gasteiger partial charge in [-0.1, -0.05) is 41.1 Å². The SMILES string of the molecule is N=C/C(C#Cc1c(F)cc(OSc2cc(Cl)ccc2Cl)c(N)c1F)=C1/C=CC=CN1. The third-order valence-electron chi connectivity index (χ3n) is 3.80. The second kappa shape index (κ2) is 9.72. The van der Waals surface area contributed by atoms with E-state index in [4.69, 9.17) is 38.5 Å². The van der Waals surface area contributed by atoms with E-state index in [9.17, 15) is 8.78 Å². The zero-order valence-electron chi connectivity index (χ0n) is 15.1. The average molecular weight is 464 g/mol. The Bertz CT molecular complexity index is 1170. The van der Waals surface area contributed by atoms with Crippen LogP contribution in [0.2, 0.25) is 10.0 Å². The van der Waals surface area contributed by atoms with Crippen LogP contribution in [0.4, 0.5) is 14.5 Å². The van der Waals surface area contributed by atoms with Gasteiger partial charge in [-0.15, -0.1) is 0 Å². The molecule has 30 heavy (non-hydrogen) atoms. The zero-order chi connectivity index (χ0) is 21.7. The molecule has 2 aromatic carbocycles. The fourth-order valence-electron chi connectivity index (χ4n) is 2.30. The number of nitrogens with two attached hydrogens (primary N) is 1. The number of benzene rings is 2. The lowest BCUT2D eigenvalue weighted by Crippen LogP contribution is -2.08. The molecule has 3 rings (SSSR count). The summed E-state index contributed by atoms with van der Waals surface area (Å²) >= 11 is 12.7. The molecule has 4 nitrogen and oxygen atoms in total. The molecular formula is C21H13Cl2F2N3OS. The maximum Gasteiger partial charge on any atom is 0.168 e. The summed E-state index contributed by atoms with van der Waals surface area (Å²) in [5.41, 5.74) is 5.62. The summed E-state index contributed by atoms with van der Waals surface area (Å²) in [6.07, 6.45) is 7.82. The van der Waals surface area contributed by atoms with E-state index < -0.39 is 22.9 Å². The third-order valence-corrected chi connectivity index (χ3v) is 5.26. The number of nitrogens with one attached hydrogen (secondary N) is 2. The van der Waals surface area contributed by atoms with Crippen LogP contribution in [0.1, 0.15) is 5.56 Å². The minimum Gasteiger partial charge on any atom is -0.418 e. The van der Waals surface area contributed by atoms with Gasteiger partial charge < -0.3 is 20.6 Å². The Labute approximate surface area is 186 Å². The Kier molecular flexibility index (Phi) is 7.06. The molecule has 0 fully saturated rings. The topological polar surface area (TPSA) is 71.1 Å². The number of allylic oxidation sites excluding steroid dienone is 4. The van der Waals surface area contributed by atoms with Gasteiger partial charge in [0.2, 0.25) is 0 Å². The molecule has 1 aliphatic rings. The van der Waals surface area contributed by atoms with Crippen LogP contribution in [0, 0.1) is 28.9 Å². The van der Waals surface area contributed by atoms with Crippen molar-refractivity contribution < 1.29 is 13.0 Å². The van der Waals surface area contributed by atoms with Gasteiger partial charge in [-0.2, -0.15) is 0 Å². The number of hydrogen-bond acceptors (Lipinski definition) is 5. The van der Waals surface area contributed by atoms with Crippen LogP contribution < -0.4 is 15.2 Å². The highest BCUT2D eigenvalue weighted by Crippen LogP contribution is 2.36. The molecule has 0 aliphatic carbocycles. The first-order valence-corrected chi connectivity index (χ1v) is 9.84. The Hall–Kier alpha value is -2.92. The largest absolute Gasteiger partial charge is 0.418 e. The van der Waals surface area contributed by atoms with Crippen molar-refractivity contribution in [1.29, 1.82) is 5.41 Å². The van der Waals surface area contributed by atoms with E-state index in [0.717, 1.165) is 24.3 Å². The van der Waals surface area contributed by atoms with Crippen LogP contribution in [0.3, 0.4) is 0 Å². The molecule has 152 valence electrons. The van der Waals surface area contributed by atoms with Gasteiger partial charge in [0, 0.05) is 23.5 Å². The molecule has 1 aliphatic heterocycles. The molecule has 9 heteroatoms. The van der Waals surface area contributed by atoms with Crippen LogP contribution in [0.15, 0.2) is 64.9 Å². The molecule has 2 aromatic rings. The Morgan fingerprint density at radius 3 is 2.73 bits per heavy atom. The molecule has 0 atom stereocenters. The summed E-state index contributed by atoms with van der Waals surface area (Å²) in [4.78, 5) is 0.456. The van der Waals surface area contributed by atoms with Gasteiger partial charge in [-0.05, 0) is 30.4 Å². The van der Waals surface area contributed by atoms with Crippen molar-refractivity contribution in [2.24, 2.45) is 0 Å². The maximum absolute atomic E-state index is 14.7. The van der Waals surface area contributed by atoms with Gasteiger partial charge in [0.1, 0.15) is 11.5 Å². The van der Waals surface area contributed by atoms with Crippen LogP contribution in [-0.2, 0) is 0 Å². The fraction of sp³-hybridized carbons (Fsp3) is 0. The van der Waals surface area contributed by atoms with E-state index in [1.165, 1.54) is 0 Å². The number of hydrogen-bond donors (Lipinski definition) is 3. The van der Waals surface area contributed by atoms with Crippen molar-refractivity contribution in [3.63, 3.8) is 0 Å². The highest BCUT2D eigenvalue weighted by atomic mass is 35.5. The summed E-state index contributed by atoms with van der Waals surface area (Å²) in [5, 5.41) is 11.2. The molecule has 0 aromatic heterocycles. The summed E-state index contributed by atoms with van der Waals surface area (Å²) in [6.45, 7) is 0. The van der Waals surface area contributed by atoms with E-state index in [0.29, 0.717) is 20.6 Å². The second-order valence-electron chi connectivity index (χ2n) is 5.78. The average Bonchev–Trinajstić information content (AvgIpc) is 2.75. The minimum atomic E-state index is -1.06. The van der Waals surface area contributed by atoms with Gasteiger partial charge in [0.05, 0.1) is 38.8 Å². The lowest BCUT2D eigenvalue weighted by atomic mass is 10.1. The van der Waals surface area contributed by atoms with Crippen molar-refractivity contribution in [2.45, 2.75) is 4.90 Å². The molecule has 0 amide bonds. The van der Waals surface area contributed by atoms with Crippen LogP contribution >= 0.6 is 35.2 Å². The van der Waals surface area contributed by atoms with Crippen molar-refractivity contribution in [3.8, 4) is 17.6 Å². The normalized spacial score (nSPS) is 13.9. The summed E-state index contributed by atoms with van der Waals surface area (Å²) < 4.78 is 34.5. The quantitative estimate of drug-likeness (QED) is 0.229. The smallest absolute Gasteiger partial charge is 0.168 e. The van der Waals surface area contributed by atoms with Crippen LogP contribution in [0.25, 0.3) is 0 Å². The molecule has 0 saturated carbocycles. The number of anilines is 1. The van der Waals surface area contributed by atoms with E-state index in [2.05, 4.69) is 17.2 Å². The number of nitrogen functional groups attached to an aromatic ring is 1. The van der Waals surface area contributed by atoms with Gasteiger partial charge in [-0.3, -0.25) is 0 Å². The Morgan fingerprint density at radius 2 is 2.03 bits per heavy atom. The summed E-state index contributed by atoms with van der Waals surface area (Å²) in [7, 11) is 0. The van der Waals surface area contributed by atoms with Gasteiger partial charge in [-0.25, -0.2) is 8.78 Å². The van der Waals surface area contributed by atoms with Gasteiger partial charge in [0.25, 0.3) is 0 Å². The lowest BCUT2D eigenvalue weighted by Gasteiger charge is -2.10. The van der Waals surface area contributed by atoms with Crippen LogP contribution in [0.5, 0.6) is 5.75 Å². The Balaban J connectivity index is 1.88. The van der Waals surface area contributed by atoms with E-state index >= 15 is 0 Å². The monoisotopic (exact) mass is 463 g/mol. The first kappa shape index (κ1) is 21.8. The van der Waals surface area contributed by atoms with Crippen molar-refractivity contribution in [1.82, 2.24) is 5.32 Å². The highest BCUT2D eigenvalue weighted by molar-refractivity contribution is 7.95. The van der Waals surface area contributed by atoms with Crippen molar-refractivity contribution in [3.05, 3.63) is 87.2 Å². The summed E-state index contributed by atoms with van der Waals surface area (Å²) in [5.74, 6) is 2.75. The third kappa shape index (κ3) is 4.97. The van der Waals surface area contributed by atoms with Crippen LogP contribution in [-0.4, -0.2) is 6.21 Å². The van der Waals surface area contributed by atoms with E-state index in [1.54, 1.807) is 42.6 Å². The van der Waals surface area contributed by atoms with Crippen molar-refractivity contribution in [2.75, 3.05) is 5.73 Å². The molecule has 4 N–H and O–H groups in total. The number of dihydropyridines is 1. The van der Waals surface area contributed by atoms with Crippen molar-refractivity contribution >= 4 is 47.1 Å². The molecule has 0 radical (unpaired) electrons. The molecule has 1 heterocycles. The highest BCUT2D eigenvalue weighted by Gasteiger charge is 2.18. The standard InChI is InChI=1S/C21H13Cl2F2N3OS/c22-13-5-7-15(23)19(9-13)30-29-18-10-16(24)14(20(25)21(18)27)6-4-12(11-26)17-3-1-2-8-28-17/h1-3,5,7-11,26,28H,27H2/b17-12-,26-11?. The van der Waals surface area contributed by atoms with E-state index in [-0.39, 0.29) is 11.3 Å². The molecule has 0 unspecified atom stereocenters. The number of rotatable bonds is 4. The summed E-state index contributed by atoms with van der Waals surface area (Å²) in [6, 6.07) is 5.65. The van der Waals surface area contributed by atoms with E-state index in [1.807, 2.05) is 0 Å². The second-order valence-corrected chi connectivity index (χ2v) is 7.40. The fourth-order valence-corrected chi connectivity index (χ4v) is 3.39. The van der Waals surface area contributed by atoms with Gasteiger partial charge in [0.15, 0.2) is 11.6 Å². The molecular weight excluding hydrogens is 451 g/mol. The zero-order valence-corrected chi connectivity index (χ0v) is 17.4. The molecule has 0 spiro atoms. The number of halogens is 4. The predicted molar refractivity (Wildman–Crippen MR) is 118 cm³/mol. The molecule has 0 saturated heterocycles. The first-order valence-electron chi connectivity index (χ1n) is 8.34.